The van der Waals surface area contributed by atoms with Gasteiger partial charge in [-0.2, -0.15) is 22.0 Å². The van der Waals surface area contributed by atoms with Crippen LogP contribution < -0.4 is 20.9 Å². The van der Waals surface area contributed by atoms with Crippen molar-refractivity contribution in [2.75, 3.05) is 36.5 Å². The number of carbonyl (C=O) groups is 3. The minimum atomic E-state index is -5.95. The van der Waals surface area contributed by atoms with Crippen LogP contribution in [0, 0.1) is 0 Å². The Morgan fingerprint density at radius 3 is 2.36 bits per heavy atom. The summed E-state index contributed by atoms with van der Waals surface area (Å²) in [5.74, 6) is -9.26. The van der Waals surface area contributed by atoms with Gasteiger partial charge in [-0.3, -0.25) is 14.4 Å². The molecule has 0 fully saturated rings. The number of hydrogen-bond acceptors (Lipinski definition) is 6. The van der Waals surface area contributed by atoms with Crippen molar-refractivity contribution in [3.63, 3.8) is 0 Å². The molecule has 39 heavy (non-hydrogen) atoms. The zero-order chi connectivity index (χ0) is 28.8. The van der Waals surface area contributed by atoms with E-state index in [1.54, 1.807) is 29.2 Å². The maximum atomic E-state index is 13.2. The lowest BCUT2D eigenvalue weighted by Crippen LogP contribution is -2.61. The van der Waals surface area contributed by atoms with Gasteiger partial charge >= 0.3 is 12.1 Å². The zero-order valence-electron chi connectivity index (χ0n) is 20.7. The van der Waals surface area contributed by atoms with Gasteiger partial charge in [-0.25, -0.2) is 0 Å². The standard InChI is InChI=1S/C25H27F5N4O5/c1-23(38,21(36)31-15-24(26,27)25(28,29)30)22(37)33-18-13-34(11-12-39-14-16-7-3-2-4-8-16)19-10-6-5-9-17(19)32-20(18)35/h2-10,18,38H,11-15H2,1H3,(H,31,36)(H,32,35)(H,33,37). The highest BCUT2D eigenvalue weighted by molar-refractivity contribution is 6.10. The van der Waals surface area contributed by atoms with Crippen LogP contribution in [-0.4, -0.2) is 72.8 Å². The van der Waals surface area contributed by atoms with Crippen molar-refractivity contribution in [2.45, 2.75) is 37.3 Å². The van der Waals surface area contributed by atoms with Crippen molar-refractivity contribution in [1.82, 2.24) is 10.6 Å². The molecule has 0 bridgehead atoms. The van der Waals surface area contributed by atoms with Gasteiger partial charge in [0, 0.05) is 13.1 Å². The fourth-order valence-electron chi connectivity index (χ4n) is 3.60. The second-order valence-corrected chi connectivity index (χ2v) is 8.97. The molecule has 2 aromatic rings. The fraction of sp³-hybridized carbons (Fsp3) is 0.400. The van der Waals surface area contributed by atoms with Crippen LogP contribution in [0.3, 0.4) is 0 Å². The number of carbonyl (C=O) groups excluding carboxylic acids is 3. The number of benzene rings is 2. The molecule has 2 unspecified atom stereocenters. The summed E-state index contributed by atoms with van der Waals surface area (Å²) in [4.78, 5) is 39.4. The number of rotatable bonds is 10. The molecule has 1 heterocycles. The number of amides is 3. The summed E-state index contributed by atoms with van der Waals surface area (Å²) < 4.78 is 69.2. The van der Waals surface area contributed by atoms with E-state index in [1.807, 2.05) is 30.3 Å². The Balaban J connectivity index is 1.67. The van der Waals surface area contributed by atoms with Crippen molar-refractivity contribution >= 4 is 29.1 Å². The first-order chi connectivity index (χ1) is 18.2. The molecule has 14 heteroatoms. The number of aliphatic hydroxyl groups is 1. The van der Waals surface area contributed by atoms with E-state index in [9.17, 15) is 41.4 Å². The summed E-state index contributed by atoms with van der Waals surface area (Å²) in [6.07, 6.45) is -5.95. The molecule has 212 valence electrons. The predicted molar refractivity (Wildman–Crippen MR) is 130 cm³/mol. The van der Waals surface area contributed by atoms with Crippen LogP contribution in [0.2, 0.25) is 0 Å². The van der Waals surface area contributed by atoms with E-state index >= 15 is 0 Å². The summed E-state index contributed by atoms with van der Waals surface area (Å²) in [7, 11) is 0. The van der Waals surface area contributed by atoms with E-state index in [0.717, 1.165) is 5.56 Å². The number of nitrogens with zero attached hydrogens (tertiary/aromatic N) is 1. The maximum absolute atomic E-state index is 13.2. The zero-order valence-corrected chi connectivity index (χ0v) is 20.7. The van der Waals surface area contributed by atoms with Crippen LogP contribution in [0.25, 0.3) is 0 Å². The number of nitrogens with one attached hydrogen (secondary N) is 3. The molecule has 0 aliphatic carbocycles. The van der Waals surface area contributed by atoms with Crippen molar-refractivity contribution < 1.29 is 46.2 Å². The number of para-hydroxylation sites is 2. The smallest absolute Gasteiger partial charge is 0.375 e. The Bertz CT molecular complexity index is 1180. The first-order valence-electron chi connectivity index (χ1n) is 11.7. The third-order valence-electron chi connectivity index (χ3n) is 5.91. The van der Waals surface area contributed by atoms with Crippen molar-refractivity contribution in [3.8, 4) is 0 Å². The van der Waals surface area contributed by atoms with Crippen LogP contribution in [-0.2, 0) is 25.7 Å². The average Bonchev–Trinajstić information content (AvgIpc) is 3.01. The van der Waals surface area contributed by atoms with E-state index in [0.29, 0.717) is 24.9 Å². The molecule has 4 N–H and O–H groups in total. The number of anilines is 2. The monoisotopic (exact) mass is 558 g/mol. The topological polar surface area (TPSA) is 120 Å². The van der Waals surface area contributed by atoms with E-state index in [-0.39, 0.29) is 19.7 Å². The molecule has 0 aromatic heterocycles. The molecule has 1 aliphatic heterocycles. The highest BCUT2D eigenvalue weighted by Gasteiger charge is 2.58. The molecule has 3 rings (SSSR count). The van der Waals surface area contributed by atoms with Gasteiger partial charge < -0.3 is 30.7 Å². The predicted octanol–water partition coefficient (Wildman–Crippen LogP) is 2.21. The summed E-state index contributed by atoms with van der Waals surface area (Å²) in [5.41, 5.74) is -1.10. The second-order valence-electron chi connectivity index (χ2n) is 8.97. The van der Waals surface area contributed by atoms with Gasteiger partial charge in [0.1, 0.15) is 6.04 Å². The average molecular weight is 559 g/mol. The normalized spacial score (nSPS) is 17.4. The van der Waals surface area contributed by atoms with Gasteiger partial charge in [-0.15, -0.1) is 0 Å². The first kappa shape index (κ1) is 29.8. The lowest BCUT2D eigenvalue weighted by molar-refractivity contribution is -0.278. The van der Waals surface area contributed by atoms with E-state index in [2.05, 4.69) is 10.6 Å². The Hall–Kier alpha value is -3.78. The summed E-state index contributed by atoms with van der Waals surface area (Å²) in [6, 6.07) is 14.8. The lowest BCUT2D eigenvalue weighted by Gasteiger charge is -2.29. The summed E-state index contributed by atoms with van der Waals surface area (Å²) in [6.45, 7) is -0.872. The van der Waals surface area contributed by atoms with E-state index < -0.39 is 48.0 Å². The van der Waals surface area contributed by atoms with Crippen LogP contribution in [0.1, 0.15) is 12.5 Å². The molecule has 0 saturated carbocycles. The van der Waals surface area contributed by atoms with Gasteiger partial charge in [0.05, 0.1) is 31.1 Å². The quantitative estimate of drug-likeness (QED) is 0.202. The molecular formula is C25H27F5N4O5. The molecule has 0 spiro atoms. The van der Waals surface area contributed by atoms with Crippen LogP contribution in [0.4, 0.5) is 33.3 Å². The minimum Gasteiger partial charge on any atom is -0.375 e. The van der Waals surface area contributed by atoms with Gasteiger partial charge in [0.25, 0.3) is 11.8 Å². The number of alkyl halides is 5. The summed E-state index contributed by atoms with van der Waals surface area (Å²) >= 11 is 0. The number of halogens is 5. The second kappa shape index (κ2) is 11.9. The minimum absolute atomic E-state index is 0.132. The Labute approximate surface area is 220 Å². The molecule has 3 amide bonds. The van der Waals surface area contributed by atoms with E-state index in [4.69, 9.17) is 4.74 Å². The van der Waals surface area contributed by atoms with E-state index in [1.165, 1.54) is 5.32 Å². The largest absolute Gasteiger partial charge is 0.455 e. The van der Waals surface area contributed by atoms with Crippen LogP contribution in [0.5, 0.6) is 0 Å². The highest BCUT2D eigenvalue weighted by atomic mass is 19.4. The molecule has 2 atom stereocenters. The molecule has 9 nitrogen and oxygen atoms in total. The van der Waals surface area contributed by atoms with Crippen molar-refractivity contribution in [2.24, 2.45) is 0 Å². The van der Waals surface area contributed by atoms with Gasteiger partial charge in [0.2, 0.25) is 11.5 Å². The SMILES string of the molecule is CC(O)(C(=O)NCC(F)(F)C(F)(F)F)C(=O)NC1CN(CCOCc2ccccc2)c2ccccc2NC1=O. The Morgan fingerprint density at radius 2 is 1.69 bits per heavy atom. The van der Waals surface area contributed by atoms with Gasteiger partial charge in [0.15, 0.2) is 0 Å². The fourth-order valence-corrected chi connectivity index (χ4v) is 3.60. The van der Waals surface area contributed by atoms with Crippen molar-refractivity contribution in [1.29, 1.82) is 0 Å². The first-order valence-corrected chi connectivity index (χ1v) is 11.7. The van der Waals surface area contributed by atoms with Crippen LogP contribution >= 0.6 is 0 Å². The number of fused-ring (bicyclic) bond motifs is 1. The van der Waals surface area contributed by atoms with Gasteiger partial charge in [-0.1, -0.05) is 42.5 Å². The molecule has 0 radical (unpaired) electrons. The van der Waals surface area contributed by atoms with Crippen LogP contribution in [0.15, 0.2) is 54.6 Å². The van der Waals surface area contributed by atoms with Gasteiger partial charge in [-0.05, 0) is 24.6 Å². The molecular weight excluding hydrogens is 531 g/mol. The third kappa shape index (κ3) is 7.41. The Kier molecular flexibility index (Phi) is 9.12. The molecule has 2 aromatic carbocycles. The van der Waals surface area contributed by atoms with Crippen molar-refractivity contribution in [3.05, 3.63) is 60.2 Å². The number of ether oxygens (including phenoxy) is 1. The molecule has 1 aliphatic rings. The molecule has 0 saturated heterocycles. The lowest BCUT2D eigenvalue weighted by atomic mass is 10.0. The Morgan fingerprint density at radius 1 is 1.05 bits per heavy atom. The maximum Gasteiger partial charge on any atom is 0.455 e. The summed E-state index contributed by atoms with van der Waals surface area (Å²) in [5, 5.41) is 16.4. The third-order valence-corrected chi connectivity index (χ3v) is 5.91. The highest BCUT2D eigenvalue weighted by Crippen LogP contribution is 2.34. The number of hydrogen-bond donors (Lipinski definition) is 4.